The number of phenols is 2. The van der Waals surface area contributed by atoms with Gasteiger partial charge in [-0.15, -0.1) is 0 Å². The van der Waals surface area contributed by atoms with Crippen LogP contribution < -0.4 is 10.6 Å². The molecule has 2 aromatic rings. The standard InChI is InChI=1S/C22H23N3O2S/c1-2-25-12-16(11-14-3-7-17(26)8-4-14)21-19(13-25)20(23-22(28)24-21)15-5-9-18(27)10-6-15/h3-11,20,26-27H,2,12-13H2,1H3,(H2,23,24,28)/b16-11+. The molecule has 28 heavy (non-hydrogen) atoms. The zero-order chi connectivity index (χ0) is 19.7. The van der Waals surface area contributed by atoms with E-state index in [9.17, 15) is 10.2 Å². The highest BCUT2D eigenvalue weighted by molar-refractivity contribution is 7.80. The molecule has 0 amide bonds. The second-order valence-corrected chi connectivity index (χ2v) is 7.50. The van der Waals surface area contributed by atoms with E-state index >= 15 is 0 Å². The van der Waals surface area contributed by atoms with Crippen molar-refractivity contribution < 1.29 is 10.2 Å². The van der Waals surface area contributed by atoms with Crippen LogP contribution in [0.15, 0.2) is 65.4 Å². The third-order valence-electron chi connectivity index (χ3n) is 5.20. The summed E-state index contributed by atoms with van der Waals surface area (Å²) >= 11 is 5.49. The van der Waals surface area contributed by atoms with E-state index < -0.39 is 0 Å². The molecule has 0 radical (unpaired) electrons. The minimum atomic E-state index is -0.0399. The first-order chi connectivity index (χ1) is 13.5. The SMILES string of the molecule is CCN1CC2=C(NC(=S)NC2c2ccc(O)cc2)/C(=C/c2ccc(O)cc2)C1. The first kappa shape index (κ1) is 18.5. The molecule has 5 nitrogen and oxygen atoms in total. The van der Waals surface area contributed by atoms with Crippen LogP contribution in [0.1, 0.15) is 24.1 Å². The summed E-state index contributed by atoms with van der Waals surface area (Å²) in [6.07, 6.45) is 2.14. The lowest BCUT2D eigenvalue weighted by atomic mass is 9.89. The molecule has 2 aliphatic rings. The highest BCUT2D eigenvalue weighted by Gasteiger charge is 2.32. The van der Waals surface area contributed by atoms with Crippen molar-refractivity contribution in [3.05, 3.63) is 76.5 Å². The van der Waals surface area contributed by atoms with Crippen molar-refractivity contribution in [3.63, 3.8) is 0 Å². The molecule has 0 fully saturated rings. The van der Waals surface area contributed by atoms with E-state index in [0.717, 1.165) is 36.5 Å². The van der Waals surface area contributed by atoms with Crippen LogP contribution in [0, 0.1) is 0 Å². The summed E-state index contributed by atoms with van der Waals surface area (Å²) in [4.78, 5) is 2.39. The summed E-state index contributed by atoms with van der Waals surface area (Å²) in [5, 5.41) is 26.5. The van der Waals surface area contributed by atoms with E-state index in [1.807, 2.05) is 24.3 Å². The number of benzene rings is 2. The van der Waals surface area contributed by atoms with Crippen molar-refractivity contribution in [2.45, 2.75) is 13.0 Å². The molecule has 0 aliphatic carbocycles. The number of thiocarbonyl (C=S) groups is 1. The van der Waals surface area contributed by atoms with E-state index in [-0.39, 0.29) is 17.5 Å². The number of aromatic hydroxyl groups is 2. The fourth-order valence-electron chi connectivity index (χ4n) is 3.73. The molecule has 4 rings (SSSR count). The fraction of sp³-hybridized carbons (Fsp3) is 0.227. The summed E-state index contributed by atoms with van der Waals surface area (Å²) in [6.45, 7) is 4.77. The maximum atomic E-state index is 9.64. The molecule has 2 aliphatic heterocycles. The molecule has 0 aromatic heterocycles. The topological polar surface area (TPSA) is 67.8 Å². The van der Waals surface area contributed by atoms with Crippen molar-refractivity contribution in [3.8, 4) is 11.5 Å². The highest BCUT2D eigenvalue weighted by atomic mass is 32.1. The lowest BCUT2D eigenvalue weighted by molar-refractivity contribution is 0.316. The van der Waals surface area contributed by atoms with Crippen LogP contribution in [0.2, 0.25) is 0 Å². The van der Waals surface area contributed by atoms with Gasteiger partial charge in [-0.25, -0.2) is 0 Å². The number of hydrogen-bond acceptors (Lipinski definition) is 4. The molecule has 1 unspecified atom stereocenters. The lowest BCUT2D eigenvalue weighted by Gasteiger charge is -2.40. The predicted octanol–water partition coefficient (Wildman–Crippen LogP) is 3.29. The van der Waals surface area contributed by atoms with Gasteiger partial charge in [0.25, 0.3) is 0 Å². The smallest absolute Gasteiger partial charge is 0.171 e. The van der Waals surface area contributed by atoms with Crippen LogP contribution in [0.25, 0.3) is 6.08 Å². The van der Waals surface area contributed by atoms with E-state index in [1.54, 1.807) is 24.3 Å². The zero-order valence-electron chi connectivity index (χ0n) is 15.6. The van der Waals surface area contributed by atoms with Gasteiger partial charge >= 0.3 is 0 Å². The Hall–Kier alpha value is -2.83. The van der Waals surface area contributed by atoms with Crippen molar-refractivity contribution in [2.24, 2.45) is 0 Å². The molecule has 2 aromatic carbocycles. The Bertz CT molecular complexity index is 949. The maximum Gasteiger partial charge on any atom is 0.171 e. The average Bonchev–Trinajstić information content (AvgIpc) is 2.70. The molecule has 144 valence electrons. The van der Waals surface area contributed by atoms with Gasteiger partial charge in [0.2, 0.25) is 0 Å². The van der Waals surface area contributed by atoms with E-state index in [4.69, 9.17) is 12.2 Å². The molecular weight excluding hydrogens is 370 g/mol. The third-order valence-corrected chi connectivity index (χ3v) is 5.42. The largest absolute Gasteiger partial charge is 0.508 e. The fourth-order valence-corrected chi connectivity index (χ4v) is 3.95. The van der Waals surface area contributed by atoms with Gasteiger partial charge in [0.05, 0.1) is 6.04 Å². The van der Waals surface area contributed by atoms with Gasteiger partial charge in [0.1, 0.15) is 11.5 Å². The van der Waals surface area contributed by atoms with Gasteiger partial charge in [-0.3, -0.25) is 4.90 Å². The van der Waals surface area contributed by atoms with Crippen LogP contribution in [0.4, 0.5) is 0 Å². The number of likely N-dealkylation sites (N-methyl/N-ethyl adjacent to an activating group) is 1. The number of rotatable bonds is 3. The molecule has 0 saturated carbocycles. The zero-order valence-corrected chi connectivity index (χ0v) is 16.5. The Kier molecular flexibility index (Phi) is 5.07. The highest BCUT2D eigenvalue weighted by Crippen LogP contribution is 2.34. The third kappa shape index (κ3) is 3.74. The molecule has 0 bridgehead atoms. The van der Waals surface area contributed by atoms with Crippen LogP contribution in [-0.2, 0) is 0 Å². The van der Waals surface area contributed by atoms with Gasteiger partial charge in [-0.2, -0.15) is 0 Å². The van der Waals surface area contributed by atoms with Crippen LogP contribution in [0.5, 0.6) is 11.5 Å². The minimum absolute atomic E-state index is 0.0399. The molecule has 4 N–H and O–H groups in total. The molecule has 0 saturated heterocycles. The molecule has 1 atom stereocenters. The normalized spacial score (nSPS) is 21.2. The quantitative estimate of drug-likeness (QED) is 0.600. The number of phenolic OH excluding ortho intramolecular Hbond substituents is 2. The maximum absolute atomic E-state index is 9.64. The number of hydrogen-bond donors (Lipinski definition) is 4. The van der Waals surface area contributed by atoms with Gasteiger partial charge in [0, 0.05) is 18.8 Å². The summed E-state index contributed by atoms with van der Waals surface area (Å²) in [5.74, 6) is 0.510. The van der Waals surface area contributed by atoms with E-state index in [2.05, 4.69) is 28.5 Å². The predicted molar refractivity (Wildman–Crippen MR) is 115 cm³/mol. The summed E-state index contributed by atoms with van der Waals surface area (Å²) in [5.41, 5.74) is 5.57. The van der Waals surface area contributed by atoms with E-state index in [0.29, 0.717) is 5.11 Å². The molecule has 0 spiro atoms. The lowest BCUT2D eigenvalue weighted by Crippen LogP contribution is -2.50. The number of nitrogens with zero attached hydrogens (tertiary/aromatic N) is 1. The van der Waals surface area contributed by atoms with Crippen LogP contribution in [0.3, 0.4) is 0 Å². The van der Waals surface area contributed by atoms with E-state index in [1.165, 1.54) is 11.1 Å². The first-order valence-corrected chi connectivity index (χ1v) is 9.76. The van der Waals surface area contributed by atoms with Crippen molar-refractivity contribution >= 4 is 23.4 Å². The van der Waals surface area contributed by atoms with Gasteiger partial charge in [-0.05, 0) is 71.4 Å². The Morgan fingerprint density at radius 2 is 1.68 bits per heavy atom. The monoisotopic (exact) mass is 393 g/mol. The van der Waals surface area contributed by atoms with Gasteiger partial charge < -0.3 is 20.8 Å². The van der Waals surface area contributed by atoms with Crippen molar-refractivity contribution in [2.75, 3.05) is 19.6 Å². The van der Waals surface area contributed by atoms with Gasteiger partial charge in [-0.1, -0.05) is 31.2 Å². The van der Waals surface area contributed by atoms with Crippen molar-refractivity contribution in [1.82, 2.24) is 15.5 Å². The second kappa shape index (κ2) is 7.66. The summed E-state index contributed by atoms with van der Waals surface area (Å²) in [6, 6.07) is 14.4. The molecule has 6 heteroatoms. The Balaban J connectivity index is 1.79. The van der Waals surface area contributed by atoms with Crippen LogP contribution >= 0.6 is 12.2 Å². The summed E-state index contributed by atoms with van der Waals surface area (Å²) < 4.78 is 0. The Morgan fingerprint density at radius 1 is 1.04 bits per heavy atom. The van der Waals surface area contributed by atoms with Crippen LogP contribution in [-0.4, -0.2) is 39.9 Å². The molecule has 2 heterocycles. The first-order valence-electron chi connectivity index (χ1n) is 9.35. The summed E-state index contributed by atoms with van der Waals surface area (Å²) in [7, 11) is 0. The second-order valence-electron chi connectivity index (χ2n) is 7.09. The Morgan fingerprint density at radius 3 is 2.32 bits per heavy atom. The van der Waals surface area contributed by atoms with Gasteiger partial charge in [0.15, 0.2) is 5.11 Å². The minimum Gasteiger partial charge on any atom is -0.508 e. The number of nitrogens with one attached hydrogen (secondary N) is 2. The average molecular weight is 394 g/mol. The van der Waals surface area contributed by atoms with Crippen molar-refractivity contribution in [1.29, 1.82) is 0 Å². The molecular formula is C22H23N3O2S. The Labute approximate surface area is 170 Å².